The summed E-state index contributed by atoms with van der Waals surface area (Å²) in [5.41, 5.74) is 2.79. The molecular formula is C28H20F4N4O2. The lowest BCUT2D eigenvalue weighted by Gasteiger charge is -2.09. The minimum absolute atomic E-state index is 0.123. The maximum absolute atomic E-state index is 15.0. The summed E-state index contributed by atoms with van der Waals surface area (Å²) in [5, 5.41) is 0.779. The molecule has 0 unspecified atom stereocenters. The van der Waals surface area contributed by atoms with Gasteiger partial charge in [-0.1, -0.05) is 12.1 Å². The summed E-state index contributed by atoms with van der Waals surface area (Å²) >= 11 is 0. The highest BCUT2D eigenvalue weighted by Crippen LogP contribution is 2.30. The third-order valence-electron chi connectivity index (χ3n) is 6.00. The van der Waals surface area contributed by atoms with E-state index < -0.39 is 17.6 Å². The Bertz CT molecular complexity index is 1630. The van der Waals surface area contributed by atoms with Gasteiger partial charge in [0.05, 0.1) is 12.7 Å². The van der Waals surface area contributed by atoms with Gasteiger partial charge in [0.2, 0.25) is 5.88 Å². The number of nitrogens with zero attached hydrogens (tertiary/aromatic N) is 3. The normalized spacial score (nSPS) is 11.6. The van der Waals surface area contributed by atoms with Gasteiger partial charge in [-0.2, -0.15) is 13.2 Å². The summed E-state index contributed by atoms with van der Waals surface area (Å²) in [5.74, 6) is -0.389. The zero-order valence-electron chi connectivity index (χ0n) is 20.0. The molecule has 0 saturated carbocycles. The summed E-state index contributed by atoms with van der Waals surface area (Å²) in [4.78, 5) is 27.9. The molecule has 0 bridgehead atoms. The molecule has 38 heavy (non-hydrogen) atoms. The lowest BCUT2D eigenvalue weighted by atomic mass is 9.99. The van der Waals surface area contributed by atoms with Gasteiger partial charge in [-0.3, -0.25) is 9.78 Å². The molecule has 0 radical (unpaired) electrons. The van der Waals surface area contributed by atoms with E-state index >= 15 is 4.39 Å². The molecule has 0 aliphatic carbocycles. The zero-order chi connectivity index (χ0) is 26.9. The average molecular weight is 520 g/mol. The number of carbonyl (C=O) groups is 1. The molecule has 10 heteroatoms. The first kappa shape index (κ1) is 25.1. The highest BCUT2D eigenvalue weighted by Gasteiger charge is 2.31. The van der Waals surface area contributed by atoms with Gasteiger partial charge in [0.15, 0.2) is 0 Å². The van der Waals surface area contributed by atoms with Crippen molar-refractivity contribution in [1.82, 2.24) is 19.9 Å². The van der Waals surface area contributed by atoms with Crippen molar-refractivity contribution in [3.8, 4) is 28.3 Å². The zero-order valence-corrected chi connectivity index (χ0v) is 20.0. The second-order valence-corrected chi connectivity index (χ2v) is 8.72. The minimum Gasteiger partial charge on any atom is -0.481 e. The van der Waals surface area contributed by atoms with E-state index in [1.165, 1.54) is 12.3 Å². The van der Waals surface area contributed by atoms with Crippen molar-refractivity contribution in [2.45, 2.75) is 19.0 Å². The monoisotopic (exact) mass is 520 g/mol. The van der Waals surface area contributed by atoms with Gasteiger partial charge >= 0.3 is 6.18 Å². The number of rotatable bonds is 7. The second kappa shape index (κ2) is 10.0. The largest absolute Gasteiger partial charge is 0.481 e. The minimum atomic E-state index is -4.54. The number of benzene rings is 1. The number of Topliss-reactive ketones (excluding diaryl/α,β-unsaturated/α-hetero) is 1. The number of nitrogens with one attached hydrogen (secondary N) is 1. The number of ketones is 1. The van der Waals surface area contributed by atoms with Crippen LogP contribution in [0.25, 0.3) is 33.4 Å². The number of H-pyrrole nitrogens is 1. The van der Waals surface area contributed by atoms with Gasteiger partial charge < -0.3 is 9.72 Å². The van der Waals surface area contributed by atoms with E-state index in [1.807, 2.05) is 18.2 Å². The number of fused-ring (bicyclic) bond motifs is 1. The summed E-state index contributed by atoms with van der Waals surface area (Å²) in [6.45, 7) is 0. The molecule has 4 aromatic heterocycles. The fourth-order valence-electron chi connectivity index (χ4n) is 4.14. The van der Waals surface area contributed by atoms with Crippen LogP contribution in [0.2, 0.25) is 0 Å². The van der Waals surface area contributed by atoms with Crippen molar-refractivity contribution in [3.05, 3.63) is 95.8 Å². The average Bonchev–Trinajstić information content (AvgIpc) is 3.32. The summed E-state index contributed by atoms with van der Waals surface area (Å²) < 4.78 is 58.8. The van der Waals surface area contributed by atoms with E-state index in [1.54, 1.807) is 37.7 Å². The van der Waals surface area contributed by atoms with Crippen molar-refractivity contribution in [1.29, 1.82) is 0 Å². The first-order valence-electron chi connectivity index (χ1n) is 11.5. The van der Waals surface area contributed by atoms with E-state index in [4.69, 9.17) is 4.74 Å². The Morgan fingerprint density at radius 2 is 1.68 bits per heavy atom. The fraction of sp³-hybridized carbons (Fsp3) is 0.143. The van der Waals surface area contributed by atoms with Crippen LogP contribution in [0.15, 0.2) is 73.3 Å². The quantitative estimate of drug-likeness (QED) is 0.258. The number of ether oxygens (including phenoxy) is 1. The van der Waals surface area contributed by atoms with Crippen molar-refractivity contribution in [2.24, 2.45) is 0 Å². The smallest absolute Gasteiger partial charge is 0.417 e. The third-order valence-corrected chi connectivity index (χ3v) is 6.00. The molecule has 1 N–H and O–H groups in total. The van der Waals surface area contributed by atoms with Crippen LogP contribution in [-0.4, -0.2) is 32.8 Å². The standard InChI is InChI=1S/C28H20F4N4O2/c1-38-26-5-3-18(13-34-26)25-11-19-10-20(14-35-27(19)36-25)23-4-2-16(9-24(23)29)7-22(37)8-17-6-21(15-33-12-17)28(30,31)32/h2-6,9-15H,7-8H2,1H3,(H,35,36). The third kappa shape index (κ3) is 5.39. The van der Waals surface area contributed by atoms with Gasteiger partial charge in [-0.15, -0.1) is 0 Å². The maximum Gasteiger partial charge on any atom is 0.417 e. The van der Waals surface area contributed by atoms with E-state index in [-0.39, 0.29) is 24.2 Å². The van der Waals surface area contributed by atoms with Crippen LogP contribution >= 0.6 is 0 Å². The fourth-order valence-corrected chi connectivity index (χ4v) is 4.14. The Kier molecular flexibility index (Phi) is 6.62. The number of pyridine rings is 3. The van der Waals surface area contributed by atoms with Crippen LogP contribution in [0.4, 0.5) is 17.6 Å². The molecule has 0 aliphatic heterocycles. The Morgan fingerprint density at radius 1 is 0.895 bits per heavy atom. The molecule has 6 nitrogen and oxygen atoms in total. The molecule has 0 fully saturated rings. The van der Waals surface area contributed by atoms with Crippen LogP contribution in [-0.2, 0) is 23.8 Å². The number of carbonyl (C=O) groups excluding carboxylic acids is 1. The number of aromatic amines is 1. The molecule has 5 aromatic rings. The topological polar surface area (TPSA) is 80.8 Å². The Labute approximate surface area is 214 Å². The molecule has 0 atom stereocenters. The van der Waals surface area contributed by atoms with Gasteiger partial charge in [-0.25, -0.2) is 14.4 Å². The second-order valence-electron chi connectivity index (χ2n) is 8.72. The Balaban J connectivity index is 1.32. The van der Waals surface area contributed by atoms with Crippen LogP contribution in [0, 0.1) is 5.82 Å². The molecule has 4 heterocycles. The summed E-state index contributed by atoms with van der Waals surface area (Å²) in [7, 11) is 1.54. The molecule has 0 amide bonds. The molecule has 0 spiro atoms. The highest BCUT2D eigenvalue weighted by molar-refractivity contribution is 5.87. The Morgan fingerprint density at radius 3 is 2.39 bits per heavy atom. The van der Waals surface area contributed by atoms with Crippen LogP contribution < -0.4 is 4.74 Å². The van der Waals surface area contributed by atoms with Crippen LogP contribution in [0.1, 0.15) is 16.7 Å². The SMILES string of the molecule is COc1ccc(-c2cc3cc(-c4ccc(CC(=O)Cc5cncc(C(F)(F)F)c5)cc4F)cnc3[nH]2)cn1. The van der Waals surface area contributed by atoms with E-state index in [0.29, 0.717) is 34.4 Å². The first-order valence-corrected chi connectivity index (χ1v) is 11.5. The number of hydrogen-bond acceptors (Lipinski definition) is 5. The number of alkyl halides is 3. The highest BCUT2D eigenvalue weighted by atomic mass is 19.4. The van der Waals surface area contributed by atoms with Crippen molar-refractivity contribution in [3.63, 3.8) is 0 Å². The molecular weight excluding hydrogens is 500 g/mol. The molecule has 0 saturated heterocycles. The lowest BCUT2D eigenvalue weighted by Crippen LogP contribution is -2.10. The number of methoxy groups -OCH3 is 1. The predicted molar refractivity (Wildman–Crippen MR) is 133 cm³/mol. The maximum atomic E-state index is 15.0. The van der Waals surface area contributed by atoms with Crippen molar-refractivity contribution < 1.29 is 27.1 Å². The molecule has 1 aromatic carbocycles. The predicted octanol–water partition coefficient (Wildman–Crippen LogP) is 6.21. The summed E-state index contributed by atoms with van der Waals surface area (Å²) in [6, 6.07) is 12.7. The van der Waals surface area contributed by atoms with Crippen LogP contribution in [0.3, 0.4) is 0 Å². The lowest BCUT2D eigenvalue weighted by molar-refractivity contribution is -0.138. The Hall–Kier alpha value is -4.60. The van der Waals surface area contributed by atoms with Gasteiger partial charge in [0.25, 0.3) is 0 Å². The number of aromatic nitrogens is 4. The van der Waals surface area contributed by atoms with Crippen LogP contribution in [0.5, 0.6) is 5.88 Å². The van der Waals surface area contributed by atoms with Gasteiger partial charge in [0.1, 0.15) is 17.2 Å². The van der Waals surface area contributed by atoms with Crippen molar-refractivity contribution >= 4 is 16.8 Å². The first-order chi connectivity index (χ1) is 18.2. The van der Waals surface area contributed by atoms with Gasteiger partial charge in [-0.05, 0) is 41.5 Å². The van der Waals surface area contributed by atoms with Crippen molar-refractivity contribution in [2.75, 3.05) is 7.11 Å². The molecule has 5 rings (SSSR count). The van der Waals surface area contributed by atoms with E-state index in [0.717, 1.165) is 22.7 Å². The van der Waals surface area contributed by atoms with E-state index in [2.05, 4.69) is 19.9 Å². The van der Waals surface area contributed by atoms with E-state index in [9.17, 15) is 18.0 Å². The number of hydrogen-bond donors (Lipinski definition) is 1. The molecule has 0 aliphatic rings. The number of halogens is 4. The molecule has 192 valence electrons. The van der Waals surface area contributed by atoms with Gasteiger partial charge in [0, 0.05) is 71.5 Å². The summed E-state index contributed by atoms with van der Waals surface area (Å²) in [6.07, 6.45) is 0.253.